The summed E-state index contributed by atoms with van der Waals surface area (Å²) < 4.78 is 10.6. The van der Waals surface area contributed by atoms with Gasteiger partial charge in [0.2, 0.25) is 5.91 Å². The number of anilines is 1. The van der Waals surface area contributed by atoms with Crippen LogP contribution in [-0.2, 0) is 4.79 Å². The summed E-state index contributed by atoms with van der Waals surface area (Å²) in [5.41, 5.74) is 2.08. The summed E-state index contributed by atoms with van der Waals surface area (Å²) in [6.07, 6.45) is 1.79. The zero-order valence-corrected chi connectivity index (χ0v) is 17.0. The molecule has 29 heavy (non-hydrogen) atoms. The molecule has 1 fully saturated rings. The molecule has 1 saturated heterocycles. The molecule has 0 aliphatic carbocycles. The number of hydrogen-bond donors (Lipinski definition) is 1. The Morgan fingerprint density at radius 3 is 2.62 bits per heavy atom. The van der Waals surface area contributed by atoms with Crippen molar-refractivity contribution in [1.29, 1.82) is 0 Å². The van der Waals surface area contributed by atoms with Gasteiger partial charge in [-0.3, -0.25) is 9.59 Å². The molecule has 2 aromatic rings. The maximum atomic E-state index is 13.4. The molecule has 2 amide bonds. The lowest BCUT2D eigenvalue weighted by molar-refractivity contribution is -0.119. The van der Waals surface area contributed by atoms with Crippen LogP contribution in [0.5, 0.6) is 11.5 Å². The average molecular weight is 394 g/mol. The SMILES string of the molecule is COc1ccc(NC(=O)[C@@H]2c3ccccc3C(=O)N3CC[C@@H](C)C[C@@H]23)cc1OC. The minimum Gasteiger partial charge on any atom is -0.493 e. The Labute approximate surface area is 170 Å². The van der Waals surface area contributed by atoms with Gasteiger partial charge in [0.05, 0.1) is 20.1 Å². The highest BCUT2D eigenvalue weighted by Crippen LogP contribution is 2.40. The van der Waals surface area contributed by atoms with Crippen molar-refractivity contribution < 1.29 is 19.1 Å². The molecule has 0 saturated carbocycles. The van der Waals surface area contributed by atoms with Crippen molar-refractivity contribution in [2.24, 2.45) is 5.92 Å². The lowest BCUT2D eigenvalue weighted by Gasteiger charge is -2.46. The normalized spacial score (nSPS) is 23.1. The lowest BCUT2D eigenvalue weighted by Crippen LogP contribution is -2.54. The van der Waals surface area contributed by atoms with Crippen LogP contribution in [0, 0.1) is 5.92 Å². The van der Waals surface area contributed by atoms with Crippen molar-refractivity contribution in [3.8, 4) is 11.5 Å². The van der Waals surface area contributed by atoms with Crippen molar-refractivity contribution >= 4 is 17.5 Å². The van der Waals surface area contributed by atoms with E-state index < -0.39 is 5.92 Å². The highest BCUT2D eigenvalue weighted by Gasteiger charge is 2.45. The maximum Gasteiger partial charge on any atom is 0.254 e. The van der Waals surface area contributed by atoms with Crippen molar-refractivity contribution in [3.63, 3.8) is 0 Å². The minimum atomic E-state index is -0.403. The first kappa shape index (κ1) is 19.3. The fourth-order valence-corrected chi connectivity index (χ4v) is 4.53. The van der Waals surface area contributed by atoms with E-state index in [1.54, 1.807) is 32.4 Å². The number of carbonyl (C=O) groups excluding carboxylic acids is 2. The Bertz CT molecular complexity index is 942. The number of nitrogens with zero attached hydrogens (tertiary/aromatic N) is 1. The smallest absolute Gasteiger partial charge is 0.254 e. The van der Waals surface area contributed by atoms with Gasteiger partial charge in [-0.1, -0.05) is 25.1 Å². The second-order valence-electron chi connectivity index (χ2n) is 7.82. The van der Waals surface area contributed by atoms with Crippen molar-refractivity contribution in [2.45, 2.75) is 31.7 Å². The van der Waals surface area contributed by atoms with Crippen LogP contribution in [0.15, 0.2) is 42.5 Å². The Morgan fingerprint density at radius 1 is 1.10 bits per heavy atom. The number of methoxy groups -OCH3 is 2. The number of fused-ring (bicyclic) bond motifs is 2. The van der Waals surface area contributed by atoms with Gasteiger partial charge in [-0.05, 0) is 42.5 Å². The van der Waals surface area contributed by atoms with Crippen LogP contribution in [0.2, 0.25) is 0 Å². The molecule has 0 unspecified atom stereocenters. The maximum absolute atomic E-state index is 13.4. The summed E-state index contributed by atoms with van der Waals surface area (Å²) in [7, 11) is 3.14. The first-order chi connectivity index (χ1) is 14.0. The molecule has 3 atom stereocenters. The molecule has 0 bridgehead atoms. The van der Waals surface area contributed by atoms with Gasteiger partial charge in [0, 0.05) is 29.9 Å². The molecule has 6 nitrogen and oxygen atoms in total. The monoisotopic (exact) mass is 394 g/mol. The number of amides is 2. The van der Waals surface area contributed by atoms with E-state index in [9.17, 15) is 9.59 Å². The minimum absolute atomic E-state index is 0.0349. The van der Waals surface area contributed by atoms with Crippen LogP contribution in [0.3, 0.4) is 0 Å². The number of piperidine rings is 1. The molecular formula is C23H26N2O4. The number of hydrogen-bond acceptors (Lipinski definition) is 4. The summed E-state index contributed by atoms with van der Waals surface area (Å²) in [5, 5.41) is 3.03. The van der Waals surface area contributed by atoms with Crippen molar-refractivity contribution in [1.82, 2.24) is 4.90 Å². The molecule has 6 heteroatoms. The molecular weight excluding hydrogens is 368 g/mol. The topological polar surface area (TPSA) is 67.9 Å². The molecule has 0 spiro atoms. The van der Waals surface area contributed by atoms with E-state index in [4.69, 9.17) is 9.47 Å². The van der Waals surface area contributed by atoms with Gasteiger partial charge in [0.1, 0.15) is 0 Å². The fourth-order valence-electron chi connectivity index (χ4n) is 4.53. The summed E-state index contributed by atoms with van der Waals surface area (Å²) in [4.78, 5) is 28.3. The molecule has 152 valence electrons. The van der Waals surface area contributed by atoms with Gasteiger partial charge < -0.3 is 19.7 Å². The van der Waals surface area contributed by atoms with Gasteiger partial charge in [-0.25, -0.2) is 0 Å². The summed E-state index contributed by atoms with van der Waals surface area (Å²) in [6, 6.07) is 12.7. The van der Waals surface area contributed by atoms with Crippen LogP contribution < -0.4 is 14.8 Å². The van der Waals surface area contributed by atoms with Crippen molar-refractivity contribution in [3.05, 3.63) is 53.6 Å². The third-order valence-corrected chi connectivity index (χ3v) is 6.01. The highest BCUT2D eigenvalue weighted by molar-refractivity contribution is 6.04. The molecule has 2 aliphatic rings. The molecule has 4 rings (SSSR count). The van der Waals surface area contributed by atoms with Gasteiger partial charge >= 0.3 is 0 Å². The van der Waals surface area contributed by atoms with E-state index in [2.05, 4.69) is 12.2 Å². The van der Waals surface area contributed by atoms with Crippen LogP contribution in [0.25, 0.3) is 0 Å². The molecule has 1 N–H and O–H groups in total. The molecule has 2 heterocycles. The first-order valence-electron chi connectivity index (χ1n) is 9.96. The molecule has 2 aromatic carbocycles. The standard InChI is InChI=1S/C23H26N2O4/c1-14-10-11-25-18(12-14)21(16-6-4-5-7-17(16)23(25)27)22(26)24-15-8-9-19(28-2)20(13-15)29-3/h4-9,13-14,18,21H,10-12H2,1-3H3,(H,24,26)/t14-,18+,21-/m1/s1. The average Bonchev–Trinajstić information content (AvgIpc) is 2.73. The van der Waals surface area contributed by atoms with Gasteiger partial charge in [0.25, 0.3) is 5.91 Å². The summed E-state index contributed by atoms with van der Waals surface area (Å²) in [6.45, 7) is 2.88. The van der Waals surface area contributed by atoms with Crippen LogP contribution in [-0.4, -0.2) is 43.5 Å². The quantitative estimate of drug-likeness (QED) is 0.859. The predicted molar refractivity (Wildman–Crippen MR) is 111 cm³/mol. The largest absolute Gasteiger partial charge is 0.493 e. The highest BCUT2D eigenvalue weighted by atomic mass is 16.5. The van der Waals surface area contributed by atoms with Crippen LogP contribution in [0.1, 0.15) is 41.6 Å². The first-order valence-corrected chi connectivity index (χ1v) is 9.96. The van der Waals surface area contributed by atoms with Gasteiger partial charge in [0.15, 0.2) is 11.5 Å². The van der Waals surface area contributed by atoms with E-state index in [0.29, 0.717) is 35.2 Å². The van der Waals surface area contributed by atoms with Gasteiger partial charge in [-0.2, -0.15) is 0 Å². The number of benzene rings is 2. The Kier molecular flexibility index (Phi) is 5.18. The van der Waals surface area contributed by atoms with E-state index in [-0.39, 0.29) is 17.9 Å². The van der Waals surface area contributed by atoms with Crippen LogP contribution >= 0.6 is 0 Å². The molecule has 2 aliphatic heterocycles. The Balaban J connectivity index is 1.69. The number of rotatable bonds is 4. The van der Waals surface area contributed by atoms with E-state index in [1.807, 2.05) is 29.2 Å². The number of carbonyl (C=O) groups is 2. The van der Waals surface area contributed by atoms with Crippen molar-refractivity contribution in [2.75, 3.05) is 26.1 Å². The summed E-state index contributed by atoms with van der Waals surface area (Å²) in [5.74, 6) is 1.16. The third-order valence-electron chi connectivity index (χ3n) is 6.01. The number of nitrogens with one attached hydrogen (secondary N) is 1. The predicted octanol–water partition coefficient (Wildman–Crippen LogP) is 3.68. The second-order valence-corrected chi connectivity index (χ2v) is 7.82. The zero-order chi connectivity index (χ0) is 20.5. The van der Waals surface area contributed by atoms with E-state index in [0.717, 1.165) is 18.4 Å². The fraction of sp³-hybridized carbons (Fsp3) is 0.391. The lowest BCUT2D eigenvalue weighted by atomic mass is 9.76. The van der Waals surface area contributed by atoms with Crippen LogP contribution in [0.4, 0.5) is 5.69 Å². The van der Waals surface area contributed by atoms with E-state index in [1.165, 1.54) is 0 Å². The third kappa shape index (κ3) is 3.43. The summed E-state index contributed by atoms with van der Waals surface area (Å²) >= 11 is 0. The zero-order valence-electron chi connectivity index (χ0n) is 17.0. The molecule has 0 radical (unpaired) electrons. The van der Waals surface area contributed by atoms with Gasteiger partial charge in [-0.15, -0.1) is 0 Å². The molecule has 0 aromatic heterocycles. The second kappa shape index (κ2) is 7.78. The van der Waals surface area contributed by atoms with E-state index >= 15 is 0 Å². The number of ether oxygens (including phenoxy) is 2. The Morgan fingerprint density at radius 2 is 1.86 bits per heavy atom. The Hall–Kier alpha value is -3.02.